The Morgan fingerprint density at radius 2 is 1.93 bits per heavy atom. The first-order valence-electron chi connectivity index (χ1n) is 4.47. The number of carbonyl (C=O) groups excluding carboxylic acids is 1. The molecule has 0 aromatic heterocycles. The first kappa shape index (κ1) is 12.4. The van der Waals surface area contributed by atoms with E-state index in [1.807, 2.05) is 6.92 Å². The summed E-state index contributed by atoms with van der Waals surface area (Å²) in [6.45, 7) is 5.29. The van der Waals surface area contributed by atoms with Gasteiger partial charge in [-0.25, -0.2) is 0 Å². The summed E-state index contributed by atoms with van der Waals surface area (Å²) < 4.78 is 4.90. The number of nitrogens with zero attached hydrogens (tertiary/aromatic N) is 2. The molecule has 0 saturated heterocycles. The van der Waals surface area contributed by atoms with Crippen molar-refractivity contribution in [1.29, 1.82) is 10.5 Å². The number of hydrogen-bond donors (Lipinski definition) is 0. The summed E-state index contributed by atoms with van der Waals surface area (Å²) >= 11 is 0. The molecular weight excluding hydrogens is 180 g/mol. The average molecular weight is 194 g/mol. The molecule has 0 aromatic carbocycles. The van der Waals surface area contributed by atoms with Crippen LogP contribution in [0.5, 0.6) is 0 Å². The molecule has 4 heteroatoms. The van der Waals surface area contributed by atoms with E-state index in [1.54, 1.807) is 26.0 Å². The van der Waals surface area contributed by atoms with E-state index >= 15 is 0 Å². The molecule has 0 aliphatic heterocycles. The van der Waals surface area contributed by atoms with Gasteiger partial charge in [-0.1, -0.05) is 6.92 Å². The Kier molecular flexibility index (Phi) is 4.66. The van der Waals surface area contributed by atoms with E-state index in [0.717, 1.165) is 6.42 Å². The lowest BCUT2D eigenvalue weighted by molar-refractivity contribution is -0.155. The summed E-state index contributed by atoms with van der Waals surface area (Å²) in [6.07, 6.45) is 0.728. The Labute approximate surface area is 84.1 Å². The molecular formula is C10H14N2O2. The summed E-state index contributed by atoms with van der Waals surface area (Å²) in [5.74, 6) is -1.46. The van der Waals surface area contributed by atoms with E-state index in [1.165, 1.54) is 0 Å². The predicted molar refractivity (Wildman–Crippen MR) is 49.7 cm³/mol. The SMILES string of the molecule is CCCOC(=O)C(C)(C)C(C#N)C#N. The maximum Gasteiger partial charge on any atom is 0.313 e. The second kappa shape index (κ2) is 5.24. The molecule has 0 aliphatic carbocycles. The predicted octanol–water partition coefficient (Wildman–Crippen LogP) is 1.63. The molecule has 76 valence electrons. The van der Waals surface area contributed by atoms with Crippen LogP contribution in [0.4, 0.5) is 0 Å². The van der Waals surface area contributed by atoms with Crippen molar-refractivity contribution in [2.24, 2.45) is 11.3 Å². The number of esters is 1. The molecule has 0 amide bonds. The largest absolute Gasteiger partial charge is 0.465 e. The first-order chi connectivity index (χ1) is 6.50. The summed E-state index contributed by atoms with van der Waals surface area (Å²) in [4.78, 5) is 11.5. The summed E-state index contributed by atoms with van der Waals surface area (Å²) in [7, 11) is 0. The van der Waals surface area contributed by atoms with Crippen molar-refractivity contribution in [3.05, 3.63) is 0 Å². The van der Waals surface area contributed by atoms with E-state index in [9.17, 15) is 4.79 Å². The van der Waals surface area contributed by atoms with Crippen molar-refractivity contribution in [1.82, 2.24) is 0 Å². The standard InChI is InChI=1S/C10H14N2O2/c1-4-5-14-9(13)10(2,3)8(6-11)7-12/h8H,4-5H2,1-3H3. The lowest BCUT2D eigenvalue weighted by atomic mass is 9.80. The van der Waals surface area contributed by atoms with Gasteiger partial charge in [-0.3, -0.25) is 4.79 Å². The van der Waals surface area contributed by atoms with Crippen LogP contribution < -0.4 is 0 Å². The van der Waals surface area contributed by atoms with E-state index < -0.39 is 17.3 Å². The Morgan fingerprint density at radius 1 is 1.43 bits per heavy atom. The molecule has 14 heavy (non-hydrogen) atoms. The molecule has 0 fully saturated rings. The van der Waals surface area contributed by atoms with Crippen LogP contribution >= 0.6 is 0 Å². The van der Waals surface area contributed by atoms with Crippen molar-refractivity contribution in [2.45, 2.75) is 27.2 Å². The van der Waals surface area contributed by atoms with Crippen LogP contribution in [-0.2, 0) is 9.53 Å². The highest BCUT2D eigenvalue weighted by Gasteiger charge is 2.38. The van der Waals surface area contributed by atoms with Gasteiger partial charge in [0, 0.05) is 0 Å². The minimum absolute atomic E-state index is 0.325. The van der Waals surface area contributed by atoms with Gasteiger partial charge in [0.25, 0.3) is 0 Å². The topological polar surface area (TPSA) is 73.9 Å². The van der Waals surface area contributed by atoms with Gasteiger partial charge in [0.1, 0.15) is 5.92 Å². The average Bonchev–Trinajstić information content (AvgIpc) is 2.15. The van der Waals surface area contributed by atoms with Gasteiger partial charge in [0.15, 0.2) is 0 Å². The highest BCUT2D eigenvalue weighted by atomic mass is 16.5. The van der Waals surface area contributed by atoms with E-state index in [4.69, 9.17) is 15.3 Å². The summed E-state index contributed by atoms with van der Waals surface area (Å²) in [5.41, 5.74) is -1.06. The molecule has 0 spiro atoms. The van der Waals surface area contributed by atoms with Crippen molar-refractivity contribution < 1.29 is 9.53 Å². The number of carbonyl (C=O) groups is 1. The number of rotatable bonds is 4. The van der Waals surface area contributed by atoms with Gasteiger partial charge in [0.05, 0.1) is 24.2 Å². The Morgan fingerprint density at radius 3 is 2.29 bits per heavy atom. The minimum Gasteiger partial charge on any atom is -0.465 e. The fourth-order valence-corrected chi connectivity index (χ4v) is 0.850. The first-order valence-corrected chi connectivity index (χ1v) is 4.47. The van der Waals surface area contributed by atoms with E-state index in [2.05, 4.69) is 0 Å². The molecule has 4 nitrogen and oxygen atoms in total. The van der Waals surface area contributed by atoms with E-state index in [-0.39, 0.29) is 0 Å². The molecule has 0 heterocycles. The lowest BCUT2D eigenvalue weighted by Crippen LogP contribution is -2.33. The van der Waals surface area contributed by atoms with Crippen molar-refractivity contribution in [3.8, 4) is 12.1 Å². The Bertz CT molecular complexity index is 269. The molecule has 0 rings (SSSR count). The Balaban J connectivity index is 4.54. The van der Waals surface area contributed by atoms with Crippen molar-refractivity contribution >= 4 is 5.97 Å². The highest BCUT2D eigenvalue weighted by Crippen LogP contribution is 2.27. The number of hydrogen-bond acceptors (Lipinski definition) is 4. The fourth-order valence-electron chi connectivity index (χ4n) is 0.850. The molecule has 0 saturated carbocycles. The zero-order valence-corrected chi connectivity index (χ0v) is 8.70. The van der Waals surface area contributed by atoms with Crippen LogP contribution in [0.1, 0.15) is 27.2 Å². The van der Waals surface area contributed by atoms with Crippen LogP contribution in [0.2, 0.25) is 0 Å². The third-order valence-corrected chi connectivity index (χ3v) is 1.94. The second-order valence-electron chi connectivity index (χ2n) is 3.55. The van der Waals surface area contributed by atoms with Crippen LogP contribution in [0.3, 0.4) is 0 Å². The molecule has 0 aliphatic rings. The van der Waals surface area contributed by atoms with Gasteiger partial charge < -0.3 is 4.74 Å². The van der Waals surface area contributed by atoms with Gasteiger partial charge >= 0.3 is 5.97 Å². The fraction of sp³-hybridized carbons (Fsp3) is 0.700. The van der Waals surface area contributed by atoms with Gasteiger partial charge in [-0.05, 0) is 20.3 Å². The zero-order valence-electron chi connectivity index (χ0n) is 8.70. The normalized spacial score (nSPS) is 10.4. The smallest absolute Gasteiger partial charge is 0.313 e. The summed E-state index contributed by atoms with van der Waals surface area (Å²) in [5, 5.41) is 17.3. The monoisotopic (exact) mass is 194 g/mol. The second-order valence-corrected chi connectivity index (χ2v) is 3.55. The molecule has 0 atom stereocenters. The maximum atomic E-state index is 11.5. The third-order valence-electron chi connectivity index (χ3n) is 1.94. The highest BCUT2D eigenvalue weighted by molar-refractivity contribution is 5.77. The maximum absolute atomic E-state index is 11.5. The van der Waals surface area contributed by atoms with Gasteiger partial charge in [-0.2, -0.15) is 10.5 Å². The molecule has 0 unspecified atom stereocenters. The summed E-state index contributed by atoms with van der Waals surface area (Å²) in [6, 6.07) is 3.57. The molecule has 0 N–H and O–H groups in total. The number of nitriles is 2. The van der Waals surface area contributed by atoms with Crippen LogP contribution in [0.25, 0.3) is 0 Å². The van der Waals surface area contributed by atoms with Crippen molar-refractivity contribution in [3.63, 3.8) is 0 Å². The van der Waals surface area contributed by atoms with Gasteiger partial charge in [0.2, 0.25) is 0 Å². The van der Waals surface area contributed by atoms with Gasteiger partial charge in [-0.15, -0.1) is 0 Å². The van der Waals surface area contributed by atoms with Crippen LogP contribution in [-0.4, -0.2) is 12.6 Å². The third kappa shape index (κ3) is 2.74. The zero-order chi connectivity index (χ0) is 11.2. The molecule has 0 aromatic rings. The minimum atomic E-state index is -1.06. The van der Waals surface area contributed by atoms with E-state index in [0.29, 0.717) is 6.61 Å². The van der Waals surface area contributed by atoms with Crippen LogP contribution in [0.15, 0.2) is 0 Å². The molecule has 0 radical (unpaired) electrons. The lowest BCUT2D eigenvalue weighted by Gasteiger charge is -2.22. The van der Waals surface area contributed by atoms with Crippen LogP contribution in [0, 0.1) is 34.0 Å². The van der Waals surface area contributed by atoms with Crippen molar-refractivity contribution in [2.75, 3.05) is 6.61 Å². The number of ether oxygens (including phenoxy) is 1. The quantitative estimate of drug-likeness (QED) is 0.637. The Hall–Kier alpha value is -1.55. The molecule has 0 bridgehead atoms.